The fourth-order valence-corrected chi connectivity index (χ4v) is 2.61. The minimum atomic E-state index is -0.593. The van der Waals surface area contributed by atoms with Gasteiger partial charge in [-0.1, -0.05) is 12.1 Å². The summed E-state index contributed by atoms with van der Waals surface area (Å²) in [7, 11) is 0. The van der Waals surface area contributed by atoms with Crippen molar-refractivity contribution in [3.8, 4) is 6.07 Å². The van der Waals surface area contributed by atoms with E-state index >= 15 is 0 Å². The lowest BCUT2D eigenvalue weighted by Gasteiger charge is -2.26. The van der Waals surface area contributed by atoms with Gasteiger partial charge in [0, 0.05) is 12.2 Å². The predicted molar refractivity (Wildman–Crippen MR) is 85.4 cm³/mol. The van der Waals surface area contributed by atoms with E-state index in [1.807, 2.05) is 13.0 Å². The molecule has 23 heavy (non-hydrogen) atoms. The maximum atomic E-state index is 12.3. The Balaban J connectivity index is 1.95. The molecule has 1 aromatic rings. The van der Waals surface area contributed by atoms with Gasteiger partial charge in [-0.05, 0) is 50.8 Å². The number of amides is 1. The largest absolute Gasteiger partial charge is 0.452 e. The average Bonchev–Trinajstić information content (AvgIpc) is 2.61. The first-order valence-corrected chi connectivity index (χ1v) is 7.82. The fraction of sp³-hybridized carbons (Fsp3) is 0.389. The molecule has 0 atom stereocenters. The predicted octanol–water partition coefficient (Wildman–Crippen LogP) is 3.02. The van der Waals surface area contributed by atoms with Crippen molar-refractivity contribution in [2.75, 3.05) is 13.2 Å². The van der Waals surface area contributed by atoms with Crippen molar-refractivity contribution in [3.63, 3.8) is 0 Å². The Morgan fingerprint density at radius 2 is 2.17 bits per heavy atom. The third-order valence-corrected chi connectivity index (χ3v) is 3.79. The third kappa shape index (κ3) is 4.43. The lowest BCUT2D eigenvalue weighted by Crippen LogP contribution is -2.34. The summed E-state index contributed by atoms with van der Waals surface area (Å²) in [5.41, 5.74) is 1.68. The van der Waals surface area contributed by atoms with Gasteiger partial charge in [0.25, 0.3) is 5.91 Å². The van der Waals surface area contributed by atoms with Gasteiger partial charge in [-0.25, -0.2) is 4.79 Å². The first-order chi connectivity index (χ1) is 11.2. The van der Waals surface area contributed by atoms with Crippen molar-refractivity contribution >= 4 is 11.9 Å². The van der Waals surface area contributed by atoms with E-state index in [-0.39, 0.29) is 18.1 Å². The summed E-state index contributed by atoms with van der Waals surface area (Å²) in [6.45, 7) is 2.18. The Hall–Kier alpha value is -2.61. The number of carbonyl (C=O) groups excluding carboxylic acids is 2. The SMILES string of the molecule is CCN(C(=O)COC(=O)c1cccc(C#N)c1)C1=CCCCC1. The van der Waals surface area contributed by atoms with E-state index in [2.05, 4.69) is 6.08 Å². The zero-order chi connectivity index (χ0) is 16.7. The van der Waals surface area contributed by atoms with E-state index < -0.39 is 5.97 Å². The highest BCUT2D eigenvalue weighted by molar-refractivity contribution is 5.91. The molecule has 1 aliphatic carbocycles. The molecule has 120 valence electrons. The highest BCUT2D eigenvalue weighted by Crippen LogP contribution is 2.21. The van der Waals surface area contributed by atoms with Crippen molar-refractivity contribution < 1.29 is 14.3 Å². The summed E-state index contributed by atoms with van der Waals surface area (Å²) in [4.78, 5) is 26.0. The van der Waals surface area contributed by atoms with Crippen LogP contribution < -0.4 is 0 Å². The van der Waals surface area contributed by atoms with Gasteiger partial charge in [0.1, 0.15) is 0 Å². The first-order valence-electron chi connectivity index (χ1n) is 7.82. The number of likely N-dealkylation sites (N-methyl/N-ethyl adjacent to an activating group) is 1. The molecule has 0 fully saturated rings. The number of esters is 1. The first kappa shape index (κ1) is 16.8. The summed E-state index contributed by atoms with van der Waals surface area (Å²) in [6.07, 6.45) is 6.19. The molecule has 0 N–H and O–H groups in total. The summed E-state index contributed by atoms with van der Waals surface area (Å²) < 4.78 is 5.10. The zero-order valence-corrected chi connectivity index (χ0v) is 13.2. The monoisotopic (exact) mass is 312 g/mol. The number of hydrogen-bond acceptors (Lipinski definition) is 4. The Morgan fingerprint density at radius 3 is 2.83 bits per heavy atom. The summed E-state index contributed by atoms with van der Waals surface area (Å²) >= 11 is 0. The number of carbonyl (C=O) groups is 2. The molecule has 5 nitrogen and oxygen atoms in total. The van der Waals surface area contributed by atoms with E-state index in [0.717, 1.165) is 31.4 Å². The second-order valence-electron chi connectivity index (χ2n) is 5.35. The Bertz CT molecular complexity index is 658. The summed E-state index contributed by atoms with van der Waals surface area (Å²) in [6, 6.07) is 8.20. The minimum absolute atomic E-state index is 0.217. The van der Waals surface area contributed by atoms with Gasteiger partial charge in [0.05, 0.1) is 17.2 Å². The van der Waals surface area contributed by atoms with Gasteiger partial charge in [-0.3, -0.25) is 4.79 Å². The van der Waals surface area contributed by atoms with Crippen molar-refractivity contribution in [2.45, 2.75) is 32.6 Å². The maximum absolute atomic E-state index is 12.3. The fourth-order valence-electron chi connectivity index (χ4n) is 2.61. The zero-order valence-electron chi connectivity index (χ0n) is 13.2. The van der Waals surface area contributed by atoms with Crippen LogP contribution in [-0.2, 0) is 9.53 Å². The number of hydrogen-bond donors (Lipinski definition) is 0. The molecule has 5 heteroatoms. The van der Waals surface area contributed by atoms with Crippen molar-refractivity contribution in [2.24, 2.45) is 0 Å². The Morgan fingerprint density at radius 1 is 1.35 bits per heavy atom. The van der Waals surface area contributed by atoms with Crippen molar-refractivity contribution in [3.05, 3.63) is 47.2 Å². The van der Waals surface area contributed by atoms with Gasteiger partial charge in [-0.15, -0.1) is 0 Å². The molecule has 1 aliphatic rings. The molecule has 1 amide bonds. The molecule has 0 saturated heterocycles. The normalized spacial score (nSPS) is 13.7. The van der Waals surface area contributed by atoms with Crippen LogP contribution in [0.15, 0.2) is 36.0 Å². The highest BCUT2D eigenvalue weighted by Gasteiger charge is 2.19. The number of nitriles is 1. The van der Waals surface area contributed by atoms with Crippen LogP contribution in [0.5, 0.6) is 0 Å². The summed E-state index contributed by atoms with van der Waals surface area (Å²) in [5, 5.41) is 8.84. The molecule has 0 aliphatic heterocycles. The average molecular weight is 312 g/mol. The number of nitrogens with zero attached hydrogens (tertiary/aromatic N) is 2. The lowest BCUT2D eigenvalue weighted by molar-refractivity contribution is -0.132. The molecule has 0 bridgehead atoms. The molecule has 0 radical (unpaired) electrons. The smallest absolute Gasteiger partial charge is 0.338 e. The number of allylic oxidation sites excluding steroid dienone is 2. The molecule has 0 spiro atoms. The van der Waals surface area contributed by atoms with Crippen LogP contribution in [0.4, 0.5) is 0 Å². The van der Waals surface area contributed by atoms with E-state index in [9.17, 15) is 9.59 Å². The van der Waals surface area contributed by atoms with Crippen LogP contribution >= 0.6 is 0 Å². The van der Waals surface area contributed by atoms with Crippen LogP contribution in [0.3, 0.4) is 0 Å². The minimum Gasteiger partial charge on any atom is -0.452 e. The van der Waals surface area contributed by atoms with Crippen molar-refractivity contribution in [1.29, 1.82) is 5.26 Å². The molecule has 1 aromatic carbocycles. The molecule has 2 rings (SSSR count). The molecule has 0 heterocycles. The van der Waals surface area contributed by atoms with Crippen LogP contribution in [0, 0.1) is 11.3 Å². The topological polar surface area (TPSA) is 70.4 Å². The second-order valence-corrected chi connectivity index (χ2v) is 5.35. The Kier molecular flexibility index (Phi) is 5.93. The van der Waals surface area contributed by atoms with Gasteiger partial charge in [0.15, 0.2) is 6.61 Å². The van der Waals surface area contributed by atoms with Gasteiger partial charge in [0.2, 0.25) is 0 Å². The van der Waals surface area contributed by atoms with Gasteiger partial charge in [-0.2, -0.15) is 5.26 Å². The summed E-state index contributed by atoms with van der Waals surface area (Å²) in [5.74, 6) is -0.811. The maximum Gasteiger partial charge on any atom is 0.338 e. The highest BCUT2D eigenvalue weighted by atomic mass is 16.5. The molecule has 0 unspecified atom stereocenters. The van der Waals surface area contributed by atoms with E-state index in [0.29, 0.717) is 12.1 Å². The molecule has 0 aromatic heterocycles. The Labute approximate surface area is 136 Å². The standard InChI is InChI=1S/C18H20N2O3/c1-2-20(16-9-4-3-5-10-16)17(21)13-23-18(22)15-8-6-7-14(11-15)12-19/h6-9,11H,2-5,10,13H2,1H3. The quantitative estimate of drug-likeness (QED) is 0.784. The van der Waals surface area contributed by atoms with E-state index in [1.165, 1.54) is 6.07 Å². The van der Waals surface area contributed by atoms with Crippen molar-refractivity contribution in [1.82, 2.24) is 4.90 Å². The molecular weight excluding hydrogens is 292 g/mol. The van der Waals surface area contributed by atoms with E-state index in [1.54, 1.807) is 23.1 Å². The van der Waals surface area contributed by atoms with Gasteiger partial charge >= 0.3 is 5.97 Å². The van der Waals surface area contributed by atoms with Crippen LogP contribution in [0.1, 0.15) is 48.5 Å². The van der Waals surface area contributed by atoms with Crippen LogP contribution in [0.2, 0.25) is 0 Å². The lowest BCUT2D eigenvalue weighted by atomic mass is 10.0. The molecule has 0 saturated carbocycles. The number of benzene rings is 1. The number of rotatable bonds is 5. The number of ether oxygens (including phenoxy) is 1. The van der Waals surface area contributed by atoms with Crippen LogP contribution in [0.25, 0.3) is 0 Å². The van der Waals surface area contributed by atoms with Gasteiger partial charge < -0.3 is 9.64 Å². The van der Waals surface area contributed by atoms with E-state index in [4.69, 9.17) is 10.00 Å². The van der Waals surface area contributed by atoms with Crippen LogP contribution in [-0.4, -0.2) is 29.9 Å². The third-order valence-electron chi connectivity index (χ3n) is 3.79. The molecular formula is C18H20N2O3. The second kappa shape index (κ2) is 8.14.